The Hall–Kier alpha value is 0.190. The molecule has 0 atom stereocenters. The summed E-state index contributed by atoms with van der Waals surface area (Å²) in [5.41, 5.74) is 0. The van der Waals surface area contributed by atoms with E-state index in [1.54, 1.807) is 0 Å². The Morgan fingerprint density at radius 1 is 0.882 bits per heavy atom. The second-order valence-corrected chi connectivity index (χ2v) is 4.75. The monoisotopic (exact) mass is 268 g/mol. The van der Waals surface area contributed by atoms with Gasteiger partial charge in [-0.3, -0.25) is 0 Å². The Kier molecular flexibility index (Phi) is 18.6. The maximum absolute atomic E-state index is 8.25. The summed E-state index contributed by atoms with van der Waals surface area (Å²) in [6.07, 6.45) is 0. The molecule has 0 saturated heterocycles. The molecule has 0 heterocycles. The van der Waals surface area contributed by atoms with Gasteiger partial charge < -0.3 is 18.8 Å². The van der Waals surface area contributed by atoms with Gasteiger partial charge in [0.15, 0.2) is 0 Å². The normalized spacial score (nSPS) is 10.6. The molecule has 0 bridgehead atoms. The summed E-state index contributed by atoms with van der Waals surface area (Å²) in [6.45, 7) is 11.7. The summed E-state index contributed by atoms with van der Waals surface area (Å²) in [5, 5.41) is 8.25. The van der Waals surface area contributed by atoms with Gasteiger partial charge in [0, 0.05) is 13.2 Å². The van der Waals surface area contributed by atoms with Gasteiger partial charge in [-0.15, -0.1) is 0 Å². The maximum Gasteiger partial charge on any atom is 0.0844 e. The van der Waals surface area contributed by atoms with E-state index in [9.17, 15) is 0 Å². The van der Waals surface area contributed by atoms with E-state index < -0.39 is 0 Å². The van der Waals surface area contributed by atoms with Gasteiger partial charge in [0.25, 0.3) is 0 Å². The van der Waals surface area contributed by atoms with Crippen molar-refractivity contribution in [2.45, 2.75) is 27.7 Å². The van der Waals surface area contributed by atoms with Gasteiger partial charge in [-0.05, 0) is 24.7 Å². The van der Waals surface area contributed by atoms with Crippen LogP contribution >= 0.6 is 12.9 Å². The smallest absolute Gasteiger partial charge is 0.0844 e. The Morgan fingerprint density at radius 2 is 1.35 bits per heavy atom. The molecule has 0 aliphatic carbocycles. The zero-order valence-electron chi connectivity index (χ0n) is 11.5. The van der Waals surface area contributed by atoms with Gasteiger partial charge in [-0.2, -0.15) is 0 Å². The number of hydrogen-bond acceptors (Lipinski definition) is 5. The van der Waals surface area contributed by atoms with Crippen molar-refractivity contribution < 1.29 is 18.8 Å². The lowest BCUT2D eigenvalue weighted by Gasteiger charge is -2.04. The maximum atomic E-state index is 8.25. The Balaban J connectivity index is 0. The summed E-state index contributed by atoms with van der Waals surface area (Å²) >= 11 is 3.57. The van der Waals surface area contributed by atoms with E-state index in [0.29, 0.717) is 31.7 Å². The Morgan fingerprint density at radius 3 is 1.71 bits per heavy atom. The quantitative estimate of drug-likeness (QED) is 0.382. The molecule has 0 unspecified atom stereocenters. The fraction of sp³-hybridized carbons (Fsp3) is 1.00. The molecule has 1 N–H and O–H groups in total. The summed E-state index contributed by atoms with van der Waals surface area (Å²) in [4.78, 5) is 0. The standard InChI is InChI=1S/C6H14O2S.C6H14O2/c1-6(2)5-7-3-4-8-9;1-6(2)5-8-4-3-7/h6,9H,3-5H2,1-2H3;6-7H,3-5H2,1-2H3. The van der Waals surface area contributed by atoms with Crippen LogP contribution in [0.5, 0.6) is 0 Å². The van der Waals surface area contributed by atoms with Crippen molar-refractivity contribution in [3.63, 3.8) is 0 Å². The number of rotatable bonds is 9. The van der Waals surface area contributed by atoms with Crippen LogP contribution in [0.1, 0.15) is 27.7 Å². The molecule has 0 aliphatic rings. The van der Waals surface area contributed by atoms with E-state index in [4.69, 9.17) is 14.6 Å². The van der Waals surface area contributed by atoms with Gasteiger partial charge in [0.1, 0.15) is 0 Å². The molecule has 0 aromatic carbocycles. The van der Waals surface area contributed by atoms with Crippen molar-refractivity contribution in [1.29, 1.82) is 0 Å². The van der Waals surface area contributed by atoms with Crippen LogP contribution in [0.4, 0.5) is 0 Å². The number of thiol groups is 1. The van der Waals surface area contributed by atoms with Crippen LogP contribution in [0.15, 0.2) is 0 Å². The van der Waals surface area contributed by atoms with E-state index in [0.717, 1.165) is 13.2 Å². The third-order valence-electron chi connectivity index (χ3n) is 1.46. The molecular weight excluding hydrogens is 240 g/mol. The molecule has 0 spiro atoms. The fourth-order valence-corrected chi connectivity index (χ4v) is 0.873. The highest BCUT2D eigenvalue weighted by Gasteiger charge is 1.91. The largest absolute Gasteiger partial charge is 0.394 e. The third-order valence-corrected chi connectivity index (χ3v) is 1.64. The first-order chi connectivity index (χ1) is 8.04. The Labute approximate surface area is 111 Å². The lowest BCUT2D eigenvalue weighted by atomic mass is 10.2. The van der Waals surface area contributed by atoms with Crippen molar-refractivity contribution in [2.75, 3.05) is 39.6 Å². The zero-order valence-corrected chi connectivity index (χ0v) is 12.4. The minimum Gasteiger partial charge on any atom is -0.394 e. The Bertz CT molecular complexity index is 132. The average Bonchev–Trinajstić information content (AvgIpc) is 2.25. The van der Waals surface area contributed by atoms with Gasteiger partial charge in [0.05, 0.1) is 26.4 Å². The SMILES string of the molecule is CC(C)COCCO.CC(C)COCCOS. The second-order valence-electron chi connectivity index (χ2n) is 4.49. The van der Waals surface area contributed by atoms with E-state index in [1.807, 2.05) is 0 Å². The van der Waals surface area contributed by atoms with E-state index in [-0.39, 0.29) is 6.61 Å². The average molecular weight is 268 g/mol. The summed E-state index contributed by atoms with van der Waals surface area (Å²) in [6, 6.07) is 0. The molecule has 4 nitrogen and oxygen atoms in total. The van der Waals surface area contributed by atoms with Gasteiger partial charge in [-0.25, -0.2) is 0 Å². The van der Waals surface area contributed by atoms with Crippen LogP contribution < -0.4 is 0 Å². The summed E-state index contributed by atoms with van der Waals surface area (Å²) in [5.74, 6) is 1.17. The van der Waals surface area contributed by atoms with Crippen LogP contribution in [0.2, 0.25) is 0 Å². The molecule has 0 radical (unpaired) electrons. The highest BCUT2D eigenvalue weighted by Crippen LogP contribution is 1.92. The van der Waals surface area contributed by atoms with Crippen molar-refractivity contribution >= 4 is 12.9 Å². The molecule has 0 fully saturated rings. The van der Waals surface area contributed by atoms with Gasteiger partial charge in [-0.1, -0.05) is 27.7 Å². The second kappa shape index (κ2) is 16.2. The fourth-order valence-electron chi connectivity index (χ4n) is 0.799. The number of aliphatic hydroxyl groups is 1. The van der Waals surface area contributed by atoms with Crippen molar-refractivity contribution in [3.8, 4) is 0 Å². The van der Waals surface area contributed by atoms with Crippen molar-refractivity contribution in [1.82, 2.24) is 0 Å². The highest BCUT2D eigenvalue weighted by molar-refractivity contribution is 7.75. The summed E-state index contributed by atoms with van der Waals surface area (Å²) < 4.78 is 14.6. The molecule has 17 heavy (non-hydrogen) atoms. The van der Waals surface area contributed by atoms with Crippen molar-refractivity contribution in [2.24, 2.45) is 11.8 Å². The third kappa shape index (κ3) is 26.0. The molecule has 0 amide bonds. The van der Waals surface area contributed by atoms with Gasteiger partial charge >= 0.3 is 0 Å². The first-order valence-corrected chi connectivity index (χ1v) is 6.43. The van der Waals surface area contributed by atoms with Crippen LogP contribution in [-0.4, -0.2) is 44.7 Å². The topological polar surface area (TPSA) is 47.9 Å². The molecule has 0 saturated carbocycles. The van der Waals surface area contributed by atoms with Crippen LogP contribution in [-0.2, 0) is 13.7 Å². The lowest BCUT2D eigenvalue weighted by Crippen LogP contribution is -2.05. The first kappa shape index (κ1) is 19.5. The van der Waals surface area contributed by atoms with E-state index in [2.05, 4.69) is 44.8 Å². The lowest BCUT2D eigenvalue weighted by molar-refractivity contribution is 0.0752. The number of aliphatic hydroxyl groups excluding tert-OH is 1. The number of ether oxygens (including phenoxy) is 2. The van der Waals surface area contributed by atoms with Gasteiger partial charge in [0.2, 0.25) is 0 Å². The number of hydrogen-bond donors (Lipinski definition) is 2. The molecule has 0 aromatic heterocycles. The minimum atomic E-state index is 0.132. The van der Waals surface area contributed by atoms with Crippen LogP contribution in [0.3, 0.4) is 0 Å². The molecular formula is C12H28O4S. The summed E-state index contributed by atoms with van der Waals surface area (Å²) in [7, 11) is 0. The van der Waals surface area contributed by atoms with Crippen LogP contribution in [0, 0.1) is 11.8 Å². The van der Waals surface area contributed by atoms with E-state index in [1.165, 1.54) is 0 Å². The predicted molar refractivity (Wildman–Crippen MR) is 73.3 cm³/mol. The highest BCUT2D eigenvalue weighted by atomic mass is 32.1. The zero-order chi connectivity index (χ0) is 13.5. The molecule has 0 aromatic rings. The molecule has 0 aliphatic heterocycles. The molecule has 0 rings (SSSR count). The molecule has 5 heteroatoms. The van der Waals surface area contributed by atoms with Crippen molar-refractivity contribution in [3.05, 3.63) is 0 Å². The minimum absolute atomic E-state index is 0.132. The van der Waals surface area contributed by atoms with Crippen LogP contribution in [0.25, 0.3) is 0 Å². The molecule has 106 valence electrons. The van der Waals surface area contributed by atoms with E-state index >= 15 is 0 Å². The predicted octanol–water partition coefficient (Wildman–Crippen LogP) is 2.17. The first-order valence-electron chi connectivity index (χ1n) is 6.07.